The van der Waals surface area contributed by atoms with Crippen molar-refractivity contribution in [1.29, 1.82) is 0 Å². The number of carbonyl (C=O) groups excluding carboxylic acids is 1. The maximum atomic E-state index is 11.9. The van der Waals surface area contributed by atoms with Crippen LogP contribution in [0.2, 0.25) is 0 Å². The molecule has 106 valence electrons. The Morgan fingerprint density at radius 2 is 1.68 bits per heavy atom. The second kappa shape index (κ2) is 6.33. The van der Waals surface area contributed by atoms with Crippen molar-refractivity contribution in [2.45, 2.75) is 58.9 Å². The lowest BCUT2D eigenvalue weighted by atomic mass is 9.86. The zero-order valence-electron chi connectivity index (χ0n) is 12.9. The zero-order valence-corrected chi connectivity index (χ0v) is 12.9. The minimum atomic E-state index is -0.0265. The molecule has 0 aromatic heterocycles. The van der Waals surface area contributed by atoms with Crippen LogP contribution >= 0.6 is 0 Å². The average molecular weight is 261 g/mol. The predicted molar refractivity (Wildman–Crippen MR) is 81.3 cm³/mol. The van der Waals surface area contributed by atoms with Crippen molar-refractivity contribution in [2.24, 2.45) is 11.7 Å². The SMILES string of the molecule is CC(C)C(N)CC(=O)Cc1ccc(C(C)(C)C)cc1. The van der Waals surface area contributed by atoms with Gasteiger partial charge in [0, 0.05) is 18.9 Å². The number of hydrogen-bond donors (Lipinski definition) is 1. The molecule has 0 heterocycles. The molecule has 0 fully saturated rings. The van der Waals surface area contributed by atoms with E-state index in [0.717, 1.165) is 5.56 Å². The van der Waals surface area contributed by atoms with Crippen molar-refractivity contribution < 1.29 is 4.79 Å². The topological polar surface area (TPSA) is 43.1 Å². The van der Waals surface area contributed by atoms with Crippen molar-refractivity contribution in [2.75, 3.05) is 0 Å². The summed E-state index contributed by atoms with van der Waals surface area (Å²) in [4.78, 5) is 11.9. The van der Waals surface area contributed by atoms with Gasteiger partial charge in [-0.25, -0.2) is 0 Å². The van der Waals surface area contributed by atoms with Crippen LogP contribution in [0, 0.1) is 5.92 Å². The van der Waals surface area contributed by atoms with Crippen molar-refractivity contribution >= 4 is 5.78 Å². The Morgan fingerprint density at radius 3 is 2.11 bits per heavy atom. The number of hydrogen-bond acceptors (Lipinski definition) is 2. The molecule has 19 heavy (non-hydrogen) atoms. The molecule has 0 saturated heterocycles. The van der Waals surface area contributed by atoms with Crippen LogP contribution in [0.5, 0.6) is 0 Å². The lowest BCUT2D eigenvalue weighted by Crippen LogP contribution is -2.29. The minimum absolute atomic E-state index is 0.0265. The largest absolute Gasteiger partial charge is 0.327 e. The number of benzene rings is 1. The Balaban J connectivity index is 2.61. The highest BCUT2D eigenvalue weighted by Gasteiger charge is 2.15. The molecule has 0 saturated carbocycles. The Morgan fingerprint density at radius 1 is 1.16 bits per heavy atom. The first-order valence-corrected chi connectivity index (χ1v) is 7.07. The summed E-state index contributed by atoms with van der Waals surface area (Å²) in [5.41, 5.74) is 8.46. The van der Waals surface area contributed by atoms with Gasteiger partial charge in [0.1, 0.15) is 5.78 Å². The normalized spacial score (nSPS) is 13.6. The van der Waals surface area contributed by atoms with Crippen LogP contribution in [0.25, 0.3) is 0 Å². The van der Waals surface area contributed by atoms with Crippen molar-refractivity contribution in [1.82, 2.24) is 0 Å². The molecule has 2 heteroatoms. The fraction of sp³-hybridized carbons (Fsp3) is 0.588. The number of rotatable bonds is 5. The molecule has 0 aliphatic rings. The van der Waals surface area contributed by atoms with Crippen LogP contribution in [0.4, 0.5) is 0 Å². The van der Waals surface area contributed by atoms with Crippen LogP contribution in [0.15, 0.2) is 24.3 Å². The molecule has 0 spiro atoms. The summed E-state index contributed by atoms with van der Waals surface area (Å²) in [6.45, 7) is 10.7. The highest BCUT2D eigenvalue weighted by molar-refractivity contribution is 5.81. The van der Waals surface area contributed by atoms with Crippen LogP contribution in [0.1, 0.15) is 52.2 Å². The highest BCUT2D eigenvalue weighted by Crippen LogP contribution is 2.22. The van der Waals surface area contributed by atoms with Gasteiger partial charge in [-0.3, -0.25) is 4.79 Å². The van der Waals surface area contributed by atoms with Crippen LogP contribution < -0.4 is 5.73 Å². The molecule has 2 N–H and O–H groups in total. The van der Waals surface area contributed by atoms with E-state index >= 15 is 0 Å². The summed E-state index contributed by atoms with van der Waals surface area (Å²) >= 11 is 0. The van der Waals surface area contributed by atoms with Gasteiger partial charge in [-0.2, -0.15) is 0 Å². The van der Waals surface area contributed by atoms with E-state index in [1.807, 2.05) is 0 Å². The van der Waals surface area contributed by atoms with E-state index in [-0.39, 0.29) is 17.2 Å². The number of ketones is 1. The lowest BCUT2D eigenvalue weighted by molar-refractivity contribution is -0.118. The smallest absolute Gasteiger partial charge is 0.138 e. The van der Waals surface area contributed by atoms with E-state index in [9.17, 15) is 4.79 Å². The zero-order chi connectivity index (χ0) is 14.6. The van der Waals surface area contributed by atoms with Crippen LogP contribution in [-0.4, -0.2) is 11.8 Å². The summed E-state index contributed by atoms with van der Waals surface area (Å²) in [5, 5.41) is 0. The minimum Gasteiger partial charge on any atom is -0.327 e. The molecule has 0 amide bonds. The lowest BCUT2D eigenvalue weighted by Gasteiger charge is -2.19. The Kier molecular flexibility index (Phi) is 5.30. The second-order valence-electron chi connectivity index (χ2n) is 6.77. The van der Waals surface area contributed by atoms with E-state index in [2.05, 4.69) is 58.9 Å². The second-order valence-corrected chi connectivity index (χ2v) is 6.77. The van der Waals surface area contributed by atoms with E-state index in [1.54, 1.807) is 0 Å². The van der Waals surface area contributed by atoms with Crippen molar-refractivity contribution in [3.8, 4) is 0 Å². The maximum absolute atomic E-state index is 11.9. The summed E-state index contributed by atoms with van der Waals surface area (Å²) in [6.07, 6.45) is 0.962. The van der Waals surface area contributed by atoms with Gasteiger partial charge in [-0.15, -0.1) is 0 Å². The van der Waals surface area contributed by atoms with Gasteiger partial charge in [0.05, 0.1) is 0 Å². The first-order valence-electron chi connectivity index (χ1n) is 7.07. The Bertz CT molecular complexity index is 412. The van der Waals surface area contributed by atoms with E-state index < -0.39 is 0 Å². The summed E-state index contributed by atoms with van der Waals surface area (Å²) < 4.78 is 0. The third-order valence-corrected chi connectivity index (χ3v) is 3.54. The molecular formula is C17H27NO. The fourth-order valence-electron chi connectivity index (χ4n) is 1.92. The first-order chi connectivity index (χ1) is 8.70. The van der Waals surface area contributed by atoms with Gasteiger partial charge < -0.3 is 5.73 Å². The molecule has 0 bridgehead atoms. The molecule has 0 radical (unpaired) electrons. The van der Waals surface area contributed by atoms with E-state index in [0.29, 0.717) is 18.8 Å². The number of Topliss-reactive ketones (excluding diaryl/α,β-unsaturated/α-hetero) is 1. The number of carbonyl (C=O) groups is 1. The van der Waals surface area contributed by atoms with Gasteiger partial charge in [0.2, 0.25) is 0 Å². The van der Waals surface area contributed by atoms with Crippen LogP contribution in [-0.2, 0) is 16.6 Å². The fourth-order valence-corrected chi connectivity index (χ4v) is 1.92. The third-order valence-electron chi connectivity index (χ3n) is 3.54. The van der Waals surface area contributed by atoms with Crippen molar-refractivity contribution in [3.63, 3.8) is 0 Å². The maximum Gasteiger partial charge on any atom is 0.138 e. The number of nitrogens with two attached hydrogens (primary N) is 1. The predicted octanol–water partition coefficient (Wildman–Crippen LogP) is 3.47. The Labute approximate surface area is 117 Å². The molecular weight excluding hydrogens is 234 g/mol. The first kappa shape index (κ1) is 15.9. The van der Waals surface area contributed by atoms with Gasteiger partial charge in [-0.1, -0.05) is 58.9 Å². The quantitative estimate of drug-likeness (QED) is 0.882. The van der Waals surface area contributed by atoms with E-state index in [4.69, 9.17) is 5.73 Å². The monoisotopic (exact) mass is 261 g/mol. The molecule has 0 aliphatic carbocycles. The van der Waals surface area contributed by atoms with E-state index in [1.165, 1.54) is 5.56 Å². The molecule has 1 unspecified atom stereocenters. The molecule has 1 aromatic rings. The Hall–Kier alpha value is -1.15. The van der Waals surface area contributed by atoms with Crippen LogP contribution in [0.3, 0.4) is 0 Å². The average Bonchev–Trinajstić information content (AvgIpc) is 2.28. The van der Waals surface area contributed by atoms with Gasteiger partial charge in [0.15, 0.2) is 0 Å². The van der Waals surface area contributed by atoms with Gasteiger partial charge in [0.25, 0.3) is 0 Å². The standard InChI is InChI=1S/C17H27NO/c1-12(2)16(18)11-15(19)10-13-6-8-14(9-7-13)17(3,4)5/h6-9,12,16H,10-11,18H2,1-5H3. The molecule has 1 atom stereocenters. The summed E-state index contributed by atoms with van der Waals surface area (Å²) in [5.74, 6) is 0.580. The summed E-state index contributed by atoms with van der Waals surface area (Å²) in [6, 6.07) is 8.32. The van der Waals surface area contributed by atoms with Gasteiger partial charge >= 0.3 is 0 Å². The molecule has 0 aliphatic heterocycles. The summed E-state index contributed by atoms with van der Waals surface area (Å²) in [7, 11) is 0. The molecule has 1 aromatic carbocycles. The third kappa shape index (κ3) is 5.15. The molecule has 2 nitrogen and oxygen atoms in total. The van der Waals surface area contributed by atoms with Gasteiger partial charge in [-0.05, 0) is 22.5 Å². The highest BCUT2D eigenvalue weighted by atomic mass is 16.1. The molecule has 1 rings (SSSR count). The van der Waals surface area contributed by atoms with Crippen molar-refractivity contribution in [3.05, 3.63) is 35.4 Å².